The number of hydrogen-bond donors (Lipinski definition) is 2. The zero-order chi connectivity index (χ0) is 15.1. The second kappa shape index (κ2) is 8.08. The van der Waals surface area contributed by atoms with Crippen molar-refractivity contribution in [1.82, 2.24) is 0 Å². The number of benzene rings is 1. The Morgan fingerprint density at radius 1 is 1.05 bits per heavy atom. The topological polar surface area (TPSA) is 58.2 Å². The maximum absolute atomic E-state index is 11.9. The van der Waals surface area contributed by atoms with E-state index in [0.29, 0.717) is 11.0 Å². The Hall–Kier alpha value is -1.49. The summed E-state index contributed by atoms with van der Waals surface area (Å²) in [6.07, 6.45) is 6.41. The Bertz CT molecular complexity index is 482. The molecule has 0 radical (unpaired) electrons. The number of rotatable bonds is 5. The average molecular weight is 306 g/mol. The van der Waals surface area contributed by atoms with Gasteiger partial charge in [0, 0.05) is 23.5 Å². The summed E-state index contributed by atoms with van der Waals surface area (Å²) in [6, 6.07) is 7.17. The van der Waals surface area contributed by atoms with E-state index in [2.05, 4.69) is 10.6 Å². The van der Waals surface area contributed by atoms with Gasteiger partial charge >= 0.3 is 0 Å². The Balaban J connectivity index is 1.75. The van der Waals surface area contributed by atoms with Crippen LogP contribution in [-0.2, 0) is 9.59 Å². The van der Waals surface area contributed by atoms with Crippen molar-refractivity contribution in [2.24, 2.45) is 0 Å². The zero-order valence-corrected chi connectivity index (χ0v) is 13.2. The molecule has 2 N–H and O–H groups in total. The van der Waals surface area contributed by atoms with Crippen LogP contribution in [0, 0.1) is 0 Å². The summed E-state index contributed by atoms with van der Waals surface area (Å²) >= 11 is 1.77. The first-order valence-corrected chi connectivity index (χ1v) is 8.47. The van der Waals surface area contributed by atoms with E-state index in [0.717, 1.165) is 11.4 Å². The van der Waals surface area contributed by atoms with Crippen molar-refractivity contribution in [3.63, 3.8) is 0 Å². The van der Waals surface area contributed by atoms with Gasteiger partial charge in [-0.2, -0.15) is 0 Å². The largest absolute Gasteiger partial charge is 0.326 e. The quantitative estimate of drug-likeness (QED) is 0.873. The van der Waals surface area contributed by atoms with Crippen LogP contribution in [0.25, 0.3) is 0 Å². The molecule has 1 aromatic carbocycles. The summed E-state index contributed by atoms with van der Waals surface area (Å²) in [6.45, 7) is 1.47. The van der Waals surface area contributed by atoms with Crippen LogP contribution in [0.2, 0.25) is 0 Å². The van der Waals surface area contributed by atoms with Crippen molar-refractivity contribution in [1.29, 1.82) is 0 Å². The lowest BCUT2D eigenvalue weighted by Crippen LogP contribution is -2.17. The number of anilines is 2. The third-order valence-corrected chi connectivity index (χ3v) is 4.86. The fourth-order valence-electron chi connectivity index (χ4n) is 2.46. The van der Waals surface area contributed by atoms with Crippen LogP contribution in [0.3, 0.4) is 0 Å². The molecule has 1 aromatic rings. The van der Waals surface area contributed by atoms with E-state index in [1.807, 2.05) is 0 Å². The molecule has 2 rings (SSSR count). The van der Waals surface area contributed by atoms with E-state index in [4.69, 9.17) is 0 Å². The molecule has 0 bridgehead atoms. The Labute approximate surface area is 130 Å². The summed E-state index contributed by atoms with van der Waals surface area (Å²) in [5.74, 6) is 0.450. The maximum Gasteiger partial charge on any atom is 0.234 e. The molecule has 21 heavy (non-hydrogen) atoms. The van der Waals surface area contributed by atoms with Gasteiger partial charge in [0.1, 0.15) is 0 Å². The van der Waals surface area contributed by atoms with Crippen molar-refractivity contribution in [3.05, 3.63) is 24.3 Å². The van der Waals surface area contributed by atoms with E-state index < -0.39 is 0 Å². The van der Waals surface area contributed by atoms with Gasteiger partial charge in [0.2, 0.25) is 11.8 Å². The molecule has 0 saturated heterocycles. The van der Waals surface area contributed by atoms with Crippen LogP contribution in [0.4, 0.5) is 11.4 Å². The van der Waals surface area contributed by atoms with Gasteiger partial charge in [-0.05, 0) is 37.1 Å². The van der Waals surface area contributed by atoms with Gasteiger partial charge in [0.05, 0.1) is 5.75 Å². The first kappa shape index (κ1) is 15.9. The van der Waals surface area contributed by atoms with Crippen molar-refractivity contribution in [2.75, 3.05) is 16.4 Å². The molecule has 114 valence electrons. The summed E-state index contributed by atoms with van der Waals surface area (Å²) < 4.78 is 0. The highest BCUT2D eigenvalue weighted by Gasteiger charge is 2.15. The molecule has 0 atom stereocenters. The van der Waals surface area contributed by atoms with Crippen LogP contribution in [0.1, 0.15) is 39.0 Å². The molecular weight excluding hydrogens is 284 g/mol. The lowest BCUT2D eigenvalue weighted by molar-refractivity contribution is -0.114. The van der Waals surface area contributed by atoms with Crippen molar-refractivity contribution < 1.29 is 9.59 Å². The smallest absolute Gasteiger partial charge is 0.234 e. The Kier molecular flexibility index (Phi) is 6.11. The molecule has 4 nitrogen and oxygen atoms in total. The highest BCUT2D eigenvalue weighted by Crippen LogP contribution is 2.28. The number of carbonyl (C=O) groups is 2. The fourth-order valence-corrected chi connectivity index (χ4v) is 3.59. The van der Waals surface area contributed by atoms with Crippen LogP contribution < -0.4 is 10.6 Å². The molecule has 0 spiro atoms. The summed E-state index contributed by atoms with van der Waals surface area (Å²) in [5, 5.41) is 6.23. The number of hydrogen-bond acceptors (Lipinski definition) is 3. The van der Waals surface area contributed by atoms with Crippen LogP contribution >= 0.6 is 11.8 Å². The van der Waals surface area contributed by atoms with Gasteiger partial charge in [-0.3, -0.25) is 9.59 Å². The number of thioether (sulfide) groups is 1. The first-order chi connectivity index (χ1) is 10.1. The first-order valence-electron chi connectivity index (χ1n) is 7.42. The highest BCUT2D eigenvalue weighted by molar-refractivity contribution is 8.00. The molecular formula is C16H22N2O2S. The molecule has 2 amide bonds. The minimum atomic E-state index is -0.101. The monoisotopic (exact) mass is 306 g/mol. The summed E-state index contributed by atoms with van der Waals surface area (Å²) in [4.78, 5) is 22.8. The van der Waals surface area contributed by atoms with E-state index in [1.54, 1.807) is 36.0 Å². The van der Waals surface area contributed by atoms with Gasteiger partial charge in [-0.15, -0.1) is 11.8 Å². The molecule has 1 aliphatic rings. The molecule has 1 saturated carbocycles. The third kappa shape index (κ3) is 5.79. The van der Waals surface area contributed by atoms with Gasteiger partial charge in [0.15, 0.2) is 0 Å². The minimum absolute atomic E-state index is 0.0397. The van der Waals surface area contributed by atoms with E-state index in [9.17, 15) is 9.59 Å². The standard InChI is InChI=1S/C16H22N2O2S/c1-12(19)17-13-7-9-14(10-8-13)18-16(20)11-21-15-5-3-2-4-6-15/h7-10,15H,2-6,11H2,1H3,(H,17,19)(H,18,20). The predicted octanol–water partition coefficient (Wildman–Crippen LogP) is 3.65. The summed E-state index contributed by atoms with van der Waals surface area (Å²) in [7, 11) is 0. The molecule has 1 fully saturated rings. The molecule has 1 aliphatic carbocycles. The lowest BCUT2D eigenvalue weighted by atomic mass is 10.0. The zero-order valence-electron chi connectivity index (χ0n) is 12.4. The number of carbonyl (C=O) groups excluding carboxylic acids is 2. The van der Waals surface area contributed by atoms with Crippen molar-refractivity contribution >= 4 is 35.0 Å². The molecule has 0 aromatic heterocycles. The number of amides is 2. The third-order valence-electron chi connectivity index (χ3n) is 3.49. The normalized spacial score (nSPS) is 15.5. The maximum atomic E-state index is 11.9. The van der Waals surface area contributed by atoms with E-state index in [1.165, 1.54) is 39.0 Å². The molecule has 0 heterocycles. The van der Waals surface area contributed by atoms with Crippen LogP contribution in [0.15, 0.2) is 24.3 Å². The predicted molar refractivity (Wildman–Crippen MR) is 88.7 cm³/mol. The second-order valence-corrected chi connectivity index (χ2v) is 6.67. The van der Waals surface area contributed by atoms with Gasteiger partial charge in [-0.25, -0.2) is 0 Å². The Morgan fingerprint density at radius 3 is 2.19 bits per heavy atom. The van der Waals surface area contributed by atoms with Gasteiger partial charge < -0.3 is 10.6 Å². The highest BCUT2D eigenvalue weighted by atomic mass is 32.2. The van der Waals surface area contributed by atoms with Crippen molar-refractivity contribution in [3.8, 4) is 0 Å². The fraction of sp³-hybridized carbons (Fsp3) is 0.500. The van der Waals surface area contributed by atoms with Gasteiger partial charge in [-0.1, -0.05) is 19.3 Å². The van der Waals surface area contributed by atoms with Crippen LogP contribution in [0.5, 0.6) is 0 Å². The van der Waals surface area contributed by atoms with E-state index >= 15 is 0 Å². The van der Waals surface area contributed by atoms with E-state index in [-0.39, 0.29) is 11.8 Å². The van der Waals surface area contributed by atoms with Crippen LogP contribution in [-0.4, -0.2) is 22.8 Å². The lowest BCUT2D eigenvalue weighted by Gasteiger charge is -2.20. The molecule has 0 aliphatic heterocycles. The number of nitrogens with one attached hydrogen (secondary N) is 2. The summed E-state index contributed by atoms with van der Waals surface area (Å²) in [5.41, 5.74) is 1.50. The second-order valence-electron chi connectivity index (χ2n) is 5.38. The molecule has 0 unspecified atom stereocenters. The van der Waals surface area contributed by atoms with Gasteiger partial charge in [0.25, 0.3) is 0 Å². The minimum Gasteiger partial charge on any atom is -0.326 e. The SMILES string of the molecule is CC(=O)Nc1ccc(NC(=O)CSC2CCCCC2)cc1. The van der Waals surface area contributed by atoms with Crippen molar-refractivity contribution in [2.45, 2.75) is 44.3 Å². The Morgan fingerprint density at radius 2 is 1.62 bits per heavy atom. The molecule has 5 heteroatoms. The average Bonchev–Trinajstić information content (AvgIpc) is 2.48.